The lowest BCUT2D eigenvalue weighted by atomic mass is 9.89. The summed E-state index contributed by atoms with van der Waals surface area (Å²) in [4.78, 5) is 0. The van der Waals surface area contributed by atoms with Gasteiger partial charge in [0, 0.05) is 12.6 Å². The number of nitrogens with one attached hydrogen (secondary N) is 1. The average Bonchev–Trinajstić information content (AvgIpc) is 3.24. The van der Waals surface area contributed by atoms with Gasteiger partial charge in [-0.05, 0) is 43.9 Å². The predicted octanol–water partition coefficient (Wildman–Crippen LogP) is 1.81. The summed E-state index contributed by atoms with van der Waals surface area (Å²) in [5.74, 6) is 0.859. The minimum atomic E-state index is -0.874. The molecule has 3 rings (SSSR count). The van der Waals surface area contributed by atoms with E-state index in [4.69, 9.17) is 9.47 Å². The topological polar surface area (TPSA) is 50.7 Å². The van der Waals surface area contributed by atoms with Gasteiger partial charge in [0.05, 0.1) is 24.9 Å². The van der Waals surface area contributed by atoms with Crippen LogP contribution in [0.2, 0.25) is 0 Å². The molecule has 1 saturated heterocycles. The molecule has 2 N–H and O–H groups in total. The average molecular weight is 277 g/mol. The lowest BCUT2D eigenvalue weighted by Gasteiger charge is -2.32. The SMILES string of the molecule is CC(O)(CC1COCCN1)c1cccc(OC2CC2)c1. The Labute approximate surface area is 120 Å². The van der Waals surface area contributed by atoms with E-state index in [0.717, 1.165) is 37.3 Å². The fourth-order valence-corrected chi connectivity index (χ4v) is 2.63. The van der Waals surface area contributed by atoms with Crippen molar-refractivity contribution < 1.29 is 14.6 Å². The number of hydrogen-bond acceptors (Lipinski definition) is 4. The molecule has 1 heterocycles. The fraction of sp³-hybridized carbons (Fsp3) is 0.625. The van der Waals surface area contributed by atoms with Crippen molar-refractivity contribution in [2.75, 3.05) is 19.8 Å². The first kappa shape index (κ1) is 13.9. The lowest BCUT2D eigenvalue weighted by Crippen LogP contribution is -2.45. The first-order valence-corrected chi connectivity index (χ1v) is 7.44. The van der Waals surface area contributed by atoms with Gasteiger partial charge in [-0.1, -0.05) is 12.1 Å². The van der Waals surface area contributed by atoms with Crippen LogP contribution in [0.5, 0.6) is 5.75 Å². The third-order valence-corrected chi connectivity index (χ3v) is 3.93. The van der Waals surface area contributed by atoms with E-state index in [1.54, 1.807) is 0 Å². The zero-order valence-electron chi connectivity index (χ0n) is 12.0. The second-order valence-electron chi connectivity index (χ2n) is 6.05. The van der Waals surface area contributed by atoms with E-state index in [9.17, 15) is 5.11 Å². The minimum absolute atomic E-state index is 0.201. The number of aliphatic hydroxyl groups is 1. The van der Waals surface area contributed by atoms with E-state index in [0.29, 0.717) is 19.1 Å². The van der Waals surface area contributed by atoms with Crippen LogP contribution in [0.25, 0.3) is 0 Å². The number of benzene rings is 1. The van der Waals surface area contributed by atoms with E-state index in [2.05, 4.69) is 5.32 Å². The van der Waals surface area contributed by atoms with E-state index >= 15 is 0 Å². The molecule has 0 radical (unpaired) electrons. The maximum Gasteiger partial charge on any atom is 0.120 e. The molecule has 1 aliphatic heterocycles. The Morgan fingerprint density at radius 1 is 1.45 bits per heavy atom. The number of ether oxygens (including phenoxy) is 2. The summed E-state index contributed by atoms with van der Waals surface area (Å²) in [5, 5.41) is 14.1. The molecular formula is C16H23NO3. The quantitative estimate of drug-likeness (QED) is 0.862. The molecule has 2 fully saturated rings. The van der Waals surface area contributed by atoms with Crippen molar-refractivity contribution in [3.05, 3.63) is 29.8 Å². The van der Waals surface area contributed by atoms with Crippen LogP contribution in [0.4, 0.5) is 0 Å². The second-order valence-corrected chi connectivity index (χ2v) is 6.05. The van der Waals surface area contributed by atoms with Crippen molar-refractivity contribution in [3.8, 4) is 5.75 Å². The Bertz CT molecular complexity index is 451. The van der Waals surface area contributed by atoms with Crippen molar-refractivity contribution in [1.82, 2.24) is 5.32 Å². The second kappa shape index (κ2) is 5.72. The molecule has 2 unspecified atom stereocenters. The molecule has 1 saturated carbocycles. The normalized spacial score (nSPS) is 26.0. The zero-order chi connectivity index (χ0) is 14.0. The third kappa shape index (κ3) is 3.51. The lowest BCUT2D eigenvalue weighted by molar-refractivity contribution is 0.00307. The van der Waals surface area contributed by atoms with Gasteiger partial charge in [-0.3, -0.25) is 0 Å². The Morgan fingerprint density at radius 3 is 3.00 bits per heavy atom. The van der Waals surface area contributed by atoms with E-state index in [1.165, 1.54) is 0 Å². The molecule has 0 bridgehead atoms. The fourth-order valence-electron chi connectivity index (χ4n) is 2.63. The molecule has 1 aromatic rings. The first-order chi connectivity index (χ1) is 9.63. The van der Waals surface area contributed by atoms with Gasteiger partial charge in [-0.2, -0.15) is 0 Å². The maximum absolute atomic E-state index is 10.8. The third-order valence-electron chi connectivity index (χ3n) is 3.93. The highest BCUT2D eigenvalue weighted by atomic mass is 16.5. The molecule has 1 aromatic carbocycles. The highest BCUT2D eigenvalue weighted by molar-refractivity contribution is 5.32. The van der Waals surface area contributed by atoms with Gasteiger partial charge < -0.3 is 19.9 Å². The number of rotatable bonds is 5. The first-order valence-electron chi connectivity index (χ1n) is 7.44. The van der Waals surface area contributed by atoms with Crippen LogP contribution in [0, 0.1) is 0 Å². The summed E-state index contributed by atoms with van der Waals surface area (Å²) in [5.41, 5.74) is 0.0319. The van der Waals surface area contributed by atoms with Crippen molar-refractivity contribution in [1.29, 1.82) is 0 Å². The smallest absolute Gasteiger partial charge is 0.120 e. The summed E-state index contributed by atoms with van der Waals surface area (Å²) in [6, 6.07) is 8.03. The van der Waals surface area contributed by atoms with Gasteiger partial charge in [-0.15, -0.1) is 0 Å². The van der Waals surface area contributed by atoms with E-state index in [-0.39, 0.29) is 6.04 Å². The van der Waals surface area contributed by atoms with E-state index < -0.39 is 5.60 Å². The van der Waals surface area contributed by atoms with Crippen molar-refractivity contribution in [3.63, 3.8) is 0 Å². The van der Waals surface area contributed by atoms with Crippen molar-refractivity contribution in [2.24, 2.45) is 0 Å². The van der Waals surface area contributed by atoms with Crippen LogP contribution in [-0.4, -0.2) is 37.0 Å². The standard InChI is InChI=1S/C16H23NO3/c1-16(18,10-13-11-19-8-7-17-13)12-3-2-4-15(9-12)20-14-5-6-14/h2-4,9,13-14,17-18H,5-8,10-11H2,1H3. The van der Waals surface area contributed by atoms with Gasteiger partial charge in [0.1, 0.15) is 5.75 Å². The van der Waals surface area contributed by atoms with Gasteiger partial charge in [0.15, 0.2) is 0 Å². The zero-order valence-corrected chi connectivity index (χ0v) is 12.0. The Kier molecular flexibility index (Phi) is 3.96. The molecule has 1 aliphatic carbocycles. The minimum Gasteiger partial charge on any atom is -0.490 e. The monoisotopic (exact) mass is 277 g/mol. The molecule has 4 heteroatoms. The Morgan fingerprint density at radius 2 is 2.30 bits per heavy atom. The molecule has 0 spiro atoms. The largest absolute Gasteiger partial charge is 0.490 e. The van der Waals surface area contributed by atoms with Crippen LogP contribution < -0.4 is 10.1 Å². The Balaban J connectivity index is 1.68. The van der Waals surface area contributed by atoms with Crippen LogP contribution in [-0.2, 0) is 10.3 Å². The molecule has 110 valence electrons. The van der Waals surface area contributed by atoms with Crippen molar-refractivity contribution in [2.45, 2.75) is 43.9 Å². The van der Waals surface area contributed by atoms with Gasteiger partial charge in [0.25, 0.3) is 0 Å². The van der Waals surface area contributed by atoms with Crippen LogP contribution in [0.15, 0.2) is 24.3 Å². The predicted molar refractivity (Wildman–Crippen MR) is 76.9 cm³/mol. The van der Waals surface area contributed by atoms with Crippen LogP contribution in [0.3, 0.4) is 0 Å². The highest BCUT2D eigenvalue weighted by Gasteiger charge is 2.29. The summed E-state index contributed by atoms with van der Waals surface area (Å²) in [6.45, 7) is 4.13. The summed E-state index contributed by atoms with van der Waals surface area (Å²) >= 11 is 0. The number of hydrogen-bond donors (Lipinski definition) is 2. The molecule has 0 aromatic heterocycles. The molecule has 20 heavy (non-hydrogen) atoms. The molecule has 4 nitrogen and oxygen atoms in total. The molecule has 0 amide bonds. The van der Waals surface area contributed by atoms with E-state index in [1.807, 2.05) is 31.2 Å². The van der Waals surface area contributed by atoms with Crippen LogP contribution >= 0.6 is 0 Å². The Hall–Kier alpha value is -1.10. The van der Waals surface area contributed by atoms with Crippen molar-refractivity contribution >= 4 is 0 Å². The van der Waals surface area contributed by atoms with Gasteiger partial charge >= 0.3 is 0 Å². The summed E-state index contributed by atoms with van der Waals surface area (Å²) in [7, 11) is 0. The highest BCUT2D eigenvalue weighted by Crippen LogP contribution is 2.32. The maximum atomic E-state index is 10.8. The molecular weight excluding hydrogens is 254 g/mol. The van der Waals surface area contributed by atoms with Gasteiger partial charge in [-0.25, -0.2) is 0 Å². The molecule has 2 atom stereocenters. The summed E-state index contributed by atoms with van der Waals surface area (Å²) in [6.07, 6.45) is 3.30. The molecule has 2 aliphatic rings. The number of morpholine rings is 1. The van der Waals surface area contributed by atoms with Gasteiger partial charge in [0.2, 0.25) is 0 Å². The summed E-state index contributed by atoms with van der Waals surface area (Å²) < 4.78 is 11.2. The van der Waals surface area contributed by atoms with Crippen LogP contribution in [0.1, 0.15) is 31.7 Å².